The molecule has 2 N–H and O–H groups in total. The number of esters is 1. The topological polar surface area (TPSA) is 110 Å². The highest BCUT2D eigenvalue weighted by Gasteiger charge is 2.11. The number of carbonyl (C=O) groups excluding carboxylic acids is 2. The first-order valence-electron chi connectivity index (χ1n) is 6.62. The monoisotopic (exact) mass is 319 g/mol. The third-order valence-electron chi connectivity index (χ3n) is 2.63. The predicted octanol–water partition coefficient (Wildman–Crippen LogP) is 0.909. The largest absolute Gasteiger partial charge is 0.497 e. The van der Waals surface area contributed by atoms with E-state index in [1.807, 2.05) is 0 Å². The van der Waals surface area contributed by atoms with Gasteiger partial charge in [0, 0.05) is 17.8 Å². The molecule has 0 saturated heterocycles. The van der Waals surface area contributed by atoms with Crippen LogP contribution in [0.5, 0.6) is 11.5 Å². The van der Waals surface area contributed by atoms with E-state index in [0.29, 0.717) is 11.5 Å². The van der Waals surface area contributed by atoms with E-state index in [0.717, 1.165) is 6.20 Å². The van der Waals surface area contributed by atoms with E-state index in [9.17, 15) is 9.59 Å². The molecule has 0 aromatic heterocycles. The van der Waals surface area contributed by atoms with E-state index in [4.69, 9.17) is 14.7 Å². The Bertz CT molecular complexity index is 627. The fraction of sp³-hybridized carbons (Fsp3) is 0.267. The third-order valence-corrected chi connectivity index (χ3v) is 2.63. The van der Waals surface area contributed by atoms with Crippen molar-refractivity contribution in [3.63, 3.8) is 0 Å². The summed E-state index contributed by atoms with van der Waals surface area (Å²) in [5.41, 5.74) is 4.72. The molecule has 0 aliphatic carbocycles. The summed E-state index contributed by atoms with van der Waals surface area (Å²) >= 11 is 0. The number of benzene rings is 1. The molecule has 0 aliphatic heterocycles. The Morgan fingerprint density at radius 1 is 1.22 bits per heavy atom. The van der Waals surface area contributed by atoms with Crippen LogP contribution in [0.1, 0.15) is 17.3 Å². The van der Waals surface area contributed by atoms with Gasteiger partial charge < -0.3 is 19.6 Å². The van der Waals surface area contributed by atoms with Crippen LogP contribution in [0.4, 0.5) is 0 Å². The summed E-state index contributed by atoms with van der Waals surface area (Å²) in [5, 5.41) is 8.84. The molecule has 1 amide bonds. The Morgan fingerprint density at radius 3 is 2.30 bits per heavy atom. The predicted molar refractivity (Wildman–Crippen MR) is 80.5 cm³/mol. The van der Waals surface area contributed by atoms with Gasteiger partial charge in [0.1, 0.15) is 17.6 Å². The van der Waals surface area contributed by atoms with Crippen LogP contribution in [0.2, 0.25) is 0 Å². The molecular weight excluding hydrogens is 302 g/mol. The minimum absolute atomic E-state index is 0.147. The van der Waals surface area contributed by atoms with Gasteiger partial charge in [-0.1, -0.05) is 0 Å². The van der Waals surface area contributed by atoms with Crippen molar-refractivity contribution in [3.8, 4) is 17.6 Å². The molecule has 0 spiro atoms. The standard InChI is InChI=1S/C15H17N3O5/c1-4-23-15(20)11(8-16)9-17-18-14(19)10-5-12(21-2)7-13(6-10)22-3/h5-7,9,17H,4H2,1-3H3,(H,18,19)/b11-9+. The Kier molecular flexibility index (Phi) is 6.94. The van der Waals surface area contributed by atoms with Crippen LogP contribution in [0.15, 0.2) is 30.0 Å². The lowest BCUT2D eigenvalue weighted by molar-refractivity contribution is -0.138. The van der Waals surface area contributed by atoms with Crippen molar-refractivity contribution in [2.24, 2.45) is 0 Å². The molecule has 0 fully saturated rings. The highest BCUT2D eigenvalue weighted by atomic mass is 16.5. The molecule has 1 rings (SSSR count). The smallest absolute Gasteiger partial charge is 0.350 e. The van der Waals surface area contributed by atoms with Gasteiger partial charge in [-0.05, 0) is 19.1 Å². The van der Waals surface area contributed by atoms with E-state index in [1.54, 1.807) is 19.1 Å². The van der Waals surface area contributed by atoms with Crippen molar-refractivity contribution in [1.82, 2.24) is 10.9 Å². The first kappa shape index (κ1) is 17.8. The molecule has 1 aromatic carbocycles. The first-order valence-corrected chi connectivity index (χ1v) is 6.62. The van der Waals surface area contributed by atoms with Crippen LogP contribution >= 0.6 is 0 Å². The fourth-order valence-corrected chi connectivity index (χ4v) is 1.53. The van der Waals surface area contributed by atoms with Crippen molar-refractivity contribution >= 4 is 11.9 Å². The number of nitrogens with zero attached hydrogens (tertiary/aromatic N) is 1. The van der Waals surface area contributed by atoms with E-state index < -0.39 is 11.9 Å². The van der Waals surface area contributed by atoms with Gasteiger partial charge in [-0.15, -0.1) is 0 Å². The average Bonchev–Trinajstić information content (AvgIpc) is 2.58. The third kappa shape index (κ3) is 5.24. The summed E-state index contributed by atoms with van der Waals surface area (Å²) in [4.78, 5) is 23.4. The number of hydrogen-bond acceptors (Lipinski definition) is 7. The lowest BCUT2D eigenvalue weighted by Gasteiger charge is -2.09. The second-order valence-corrected chi connectivity index (χ2v) is 4.09. The zero-order valence-electron chi connectivity index (χ0n) is 13.0. The maximum Gasteiger partial charge on any atom is 0.350 e. The maximum absolute atomic E-state index is 12.0. The van der Waals surface area contributed by atoms with Crippen LogP contribution in [0.3, 0.4) is 0 Å². The highest BCUT2D eigenvalue weighted by molar-refractivity contribution is 5.95. The average molecular weight is 319 g/mol. The molecule has 0 atom stereocenters. The van der Waals surface area contributed by atoms with Gasteiger partial charge in [-0.2, -0.15) is 5.26 Å². The summed E-state index contributed by atoms with van der Waals surface area (Å²) in [6.07, 6.45) is 1.05. The van der Waals surface area contributed by atoms with Crippen LogP contribution in [-0.2, 0) is 9.53 Å². The van der Waals surface area contributed by atoms with Crippen LogP contribution in [0.25, 0.3) is 0 Å². The summed E-state index contributed by atoms with van der Waals surface area (Å²) in [5.74, 6) is -0.372. The van der Waals surface area contributed by atoms with Gasteiger partial charge in [0.2, 0.25) is 0 Å². The normalized spacial score (nSPS) is 10.3. The molecule has 0 aliphatic rings. The number of hydrazine groups is 1. The summed E-state index contributed by atoms with van der Waals surface area (Å²) in [6.45, 7) is 1.77. The number of methoxy groups -OCH3 is 2. The number of ether oxygens (including phenoxy) is 3. The summed E-state index contributed by atoms with van der Waals surface area (Å²) in [7, 11) is 2.94. The Labute approximate surface area is 133 Å². The SMILES string of the molecule is CCOC(=O)/C(C#N)=C/NNC(=O)c1cc(OC)cc(OC)c1. The minimum atomic E-state index is -0.778. The van der Waals surface area contributed by atoms with Gasteiger partial charge in [0.25, 0.3) is 5.91 Å². The lowest BCUT2D eigenvalue weighted by atomic mass is 10.2. The van der Waals surface area contributed by atoms with Crippen molar-refractivity contribution in [2.45, 2.75) is 6.92 Å². The van der Waals surface area contributed by atoms with Gasteiger partial charge in [0.15, 0.2) is 5.57 Å². The van der Waals surface area contributed by atoms with E-state index >= 15 is 0 Å². The molecule has 23 heavy (non-hydrogen) atoms. The Hall–Kier alpha value is -3.21. The van der Waals surface area contributed by atoms with Crippen molar-refractivity contribution < 1.29 is 23.8 Å². The number of nitrogens with one attached hydrogen (secondary N) is 2. The quantitative estimate of drug-likeness (QED) is 0.333. The highest BCUT2D eigenvalue weighted by Crippen LogP contribution is 2.22. The second kappa shape index (κ2) is 8.94. The van der Waals surface area contributed by atoms with Crippen LogP contribution in [0, 0.1) is 11.3 Å². The molecule has 0 bridgehead atoms. The molecule has 1 aromatic rings. The van der Waals surface area contributed by atoms with Gasteiger partial charge in [-0.25, -0.2) is 4.79 Å². The molecule has 122 valence electrons. The molecule has 8 nitrogen and oxygen atoms in total. The maximum atomic E-state index is 12.0. The number of carbonyl (C=O) groups is 2. The number of hydrogen-bond donors (Lipinski definition) is 2. The molecule has 0 saturated carbocycles. The van der Waals surface area contributed by atoms with E-state index in [1.165, 1.54) is 26.4 Å². The van der Waals surface area contributed by atoms with Gasteiger partial charge in [0.05, 0.1) is 20.8 Å². The molecule has 8 heteroatoms. The first-order chi connectivity index (χ1) is 11.0. The van der Waals surface area contributed by atoms with Crippen molar-refractivity contribution in [3.05, 3.63) is 35.5 Å². The molecule has 0 radical (unpaired) electrons. The fourth-order valence-electron chi connectivity index (χ4n) is 1.53. The number of amides is 1. The van der Waals surface area contributed by atoms with Crippen molar-refractivity contribution in [1.29, 1.82) is 5.26 Å². The summed E-state index contributed by atoms with van der Waals surface area (Å²) in [6, 6.07) is 6.32. The second-order valence-electron chi connectivity index (χ2n) is 4.09. The molecule has 0 unspecified atom stereocenters. The zero-order chi connectivity index (χ0) is 17.2. The molecular formula is C15H17N3O5. The molecule has 0 heterocycles. The van der Waals surface area contributed by atoms with Crippen LogP contribution in [-0.4, -0.2) is 32.7 Å². The Balaban J connectivity index is 2.77. The van der Waals surface area contributed by atoms with E-state index in [-0.39, 0.29) is 17.7 Å². The Morgan fingerprint density at radius 2 is 1.83 bits per heavy atom. The van der Waals surface area contributed by atoms with Crippen LogP contribution < -0.4 is 20.3 Å². The van der Waals surface area contributed by atoms with E-state index in [2.05, 4.69) is 15.6 Å². The summed E-state index contributed by atoms with van der Waals surface area (Å²) < 4.78 is 14.8. The van der Waals surface area contributed by atoms with Gasteiger partial charge >= 0.3 is 5.97 Å². The number of rotatable bonds is 7. The number of nitriles is 1. The van der Waals surface area contributed by atoms with Gasteiger partial charge in [-0.3, -0.25) is 10.2 Å². The lowest BCUT2D eigenvalue weighted by Crippen LogP contribution is -2.34. The zero-order valence-corrected chi connectivity index (χ0v) is 13.0. The minimum Gasteiger partial charge on any atom is -0.497 e. The van der Waals surface area contributed by atoms with Crippen molar-refractivity contribution in [2.75, 3.05) is 20.8 Å².